The van der Waals surface area contributed by atoms with Gasteiger partial charge in [0.25, 0.3) is 11.8 Å². The van der Waals surface area contributed by atoms with Crippen LogP contribution in [0.4, 0.5) is 0 Å². The van der Waals surface area contributed by atoms with Gasteiger partial charge in [0, 0.05) is 31.0 Å². The molecule has 0 atom stereocenters. The Labute approximate surface area is 192 Å². The van der Waals surface area contributed by atoms with Crippen molar-refractivity contribution in [2.75, 3.05) is 13.1 Å². The van der Waals surface area contributed by atoms with E-state index in [2.05, 4.69) is 16.5 Å². The maximum atomic E-state index is 13.1. The SMILES string of the molecule is Cc1ccc(C(=O)N2CCC(c3ccc(C#N)cc3)CC2)cc1ONC(=O)c1cccnc1. The van der Waals surface area contributed by atoms with Gasteiger partial charge in [-0.05, 0) is 73.2 Å². The fourth-order valence-corrected chi connectivity index (χ4v) is 3.93. The number of carbonyl (C=O) groups is 2. The number of hydrogen-bond acceptors (Lipinski definition) is 5. The summed E-state index contributed by atoms with van der Waals surface area (Å²) in [5.41, 5.74) is 5.97. The zero-order valence-corrected chi connectivity index (χ0v) is 18.3. The molecule has 3 aromatic rings. The first-order chi connectivity index (χ1) is 16.0. The third-order valence-electron chi connectivity index (χ3n) is 5.91. The maximum absolute atomic E-state index is 13.1. The van der Waals surface area contributed by atoms with E-state index in [4.69, 9.17) is 10.1 Å². The minimum atomic E-state index is -0.413. The van der Waals surface area contributed by atoms with Gasteiger partial charge in [0.1, 0.15) is 0 Å². The van der Waals surface area contributed by atoms with Gasteiger partial charge < -0.3 is 9.74 Å². The molecule has 1 N–H and O–H groups in total. The van der Waals surface area contributed by atoms with Crippen molar-refractivity contribution >= 4 is 11.8 Å². The molecule has 1 saturated heterocycles. The van der Waals surface area contributed by atoms with Crippen molar-refractivity contribution in [3.8, 4) is 11.8 Å². The number of piperidine rings is 1. The Hall–Kier alpha value is -4.18. The number of aryl methyl sites for hydroxylation is 1. The van der Waals surface area contributed by atoms with Crippen LogP contribution in [-0.2, 0) is 0 Å². The zero-order chi connectivity index (χ0) is 23.2. The number of nitrogens with zero attached hydrogens (tertiary/aromatic N) is 3. The Morgan fingerprint density at radius 3 is 2.52 bits per heavy atom. The molecule has 0 aliphatic carbocycles. The third-order valence-corrected chi connectivity index (χ3v) is 5.91. The highest BCUT2D eigenvalue weighted by molar-refractivity contribution is 5.95. The van der Waals surface area contributed by atoms with Crippen molar-refractivity contribution in [3.05, 3.63) is 94.8 Å². The van der Waals surface area contributed by atoms with E-state index in [0.29, 0.717) is 41.4 Å². The predicted molar refractivity (Wildman–Crippen MR) is 123 cm³/mol. The highest BCUT2D eigenvalue weighted by atomic mass is 16.7. The van der Waals surface area contributed by atoms with E-state index in [-0.39, 0.29) is 5.91 Å². The van der Waals surface area contributed by atoms with Crippen molar-refractivity contribution in [2.24, 2.45) is 0 Å². The second-order valence-electron chi connectivity index (χ2n) is 8.06. The second kappa shape index (κ2) is 9.96. The molecule has 1 aromatic heterocycles. The number of nitrogens with one attached hydrogen (secondary N) is 1. The lowest BCUT2D eigenvalue weighted by Crippen LogP contribution is -2.38. The average molecular weight is 441 g/mol. The summed E-state index contributed by atoms with van der Waals surface area (Å²) in [5.74, 6) is 0.327. The number of rotatable bonds is 5. The molecular formula is C26H24N4O3. The number of likely N-dealkylation sites (tertiary alicyclic amines) is 1. The van der Waals surface area contributed by atoms with Crippen LogP contribution in [-0.4, -0.2) is 34.8 Å². The Balaban J connectivity index is 1.37. The monoisotopic (exact) mass is 440 g/mol. The molecule has 1 fully saturated rings. The normalized spacial score (nSPS) is 13.8. The minimum Gasteiger partial charge on any atom is -0.379 e. The van der Waals surface area contributed by atoms with E-state index < -0.39 is 5.91 Å². The van der Waals surface area contributed by atoms with Gasteiger partial charge in [-0.1, -0.05) is 18.2 Å². The summed E-state index contributed by atoms with van der Waals surface area (Å²) in [6, 6.07) is 18.4. The number of aromatic nitrogens is 1. The molecule has 0 unspecified atom stereocenters. The summed E-state index contributed by atoms with van der Waals surface area (Å²) in [5, 5.41) is 8.97. The zero-order valence-electron chi connectivity index (χ0n) is 18.3. The van der Waals surface area contributed by atoms with E-state index in [1.165, 1.54) is 11.8 Å². The van der Waals surface area contributed by atoms with Crippen LogP contribution in [0.1, 0.15) is 56.2 Å². The molecule has 0 radical (unpaired) electrons. The fraction of sp³-hybridized carbons (Fsp3) is 0.231. The molecule has 0 bridgehead atoms. The van der Waals surface area contributed by atoms with Crippen LogP contribution in [0.15, 0.2) is 67.0 Å². The number of hydrogen-bond donors (Lipinski definition) is 1. The average Bonchev–Trinajstić information content (AvgIpc) is 2.88. The third kappa shape index (κ3) is 5.18. The molecule has 2 heterocycles. The predicted octanol–water partition coefficient (Wildman–Crippen LogP) is 4.01. The van der Waals surface area contributed by atoms with Gasteiger partial charge in [-0.2, -0.15) is 10.7 Å². The Morgan fingerprint density at radius 2 is 1.85 bits per heavy atom. The molecule has 4 rings (SSSR count). The molecule has 0 saturated carbocycles. The van der Waals surface area contributed by atoms with Gasteiger partial charge in [0.15, 0.2) is 5.75 Å². The second-order valence-corrected chi connectivity index (χ2v) is 8.06. The number of nitriles is 1. The highest BCUT2D eigenvalue weighted by Crippen LogP contribution is 2.29. The summed E-state index contributed by atoms with van der Waals surface area (Å²) in [7, 11) is 0. The number of benzene rings is 2. The van der Waals surface area contributed by atoms with Crippen LogP contribution >= 0.6 is 0 Å². The van der Waals surface area contributed by atoms with E-state index in [9.17, 15) is 9.59 Å². The number of carbonyl (C=O) groups excluding carboxylic acids is 2. The molecule has 7 heteroatoms. The van der Waals surface area contributed by atoms with Crippen LogP contribution in [0.5, 0.6) is 5.75 Å². The summed E-state index contributed by atoms with van der Waals surface area (Å²) < 4.78 is 0. The molecule has 0 spiro atoms. The first kappa shape index (κ1) is 22.0. The standard InChI is InChI=1S/C26H24N4O3/c1-18-4-7-22(15-24(18)33-29-25(31)23-3-2-12-28-17-23)26(32)30-13-10-21(11-14-30)20-8-5-19(16-27)6-9-20/h2-9,12,15,17,21H,10-11,13-14H2,1H3,(H,29,31). The molecule has 33 heavy (non-hydrogen) atoms. The summed E-state index contributed by atoms with van der Waals surface area (Å²) in [6.45, 7) is 3.17. The van der Waals surface area contributed by atoms with Crippen molar-refractivity contribution in [3.63, 3.8) is 0 Å². The maximum Gasteiger partial charge on any atom is 0.285 e. The van der Waals surface area contributed by atoms with Crippen molar-refractivity contribution in [2.45, 2.75) is 25.7 Å². The lowest BCUT2D eigenvalue weighted by atomic mass is 9.89. The van der Waals surface area contributed by atoms with Gasteiger partial charge in [-0.15, -0.1) is 0 Å². The Kier molecular flexibility index (Phi) is 6.65. The van der Waals surface area contributed by atoms with E-state index >= 15 is 0 Å². The van der Waals surface area contributed by atoms with Gasteiger partial charge in [0.2, 0.25) is 0 Å². The van der Waals surface area contributed by atoms with Crippen molar-refractivity contribution in [1.29, 1.82) is 5.26 Å². The lowest BCUT2D eigenvalue weighted by Gasteiger charge is -2.32. The minimum absolute atomic E-state index is 0.0586. The molecule has 1 aliphatic rings. The van der Waals surface area contributed by atoms with E-state index in [1.807, 2.05) is 42.2 Å². The fourth-order valence-electron chi connectivity index (χ4n) is 3.93. The van der Waals surface area contributed by atoms with Crippen LogP contribution in [0, 0.1) is 18.3 Å². The van der Waals surface area contributed by atoms with Crippen molar-refractivity contribution < 1.29 is 14.4 Å². The van der Waals surface area contributed by atoms with Crippen LogP contribution < -0.4 is 10.3 Å². The van der Waals surface area contributed by atoms with Crippen LogP contribution in [0.2, 0.25) is 0 Å². The van der Waals surface area contributed by atoms with Crippen molar-refractivity contribution in [1.82, 2.24) is 15.4 Å². The van der Waals surface area contributed by atoms with Gasteiger partial charge in [0.05, 0.1) is 17.2 Å². The largest absolute Gasteiger partial charge is 0.379 e. The number of pyridine rings is 1. The van der Waals surface area contributed by atoms with E-state index in [1.54, 1.807) is 30.5 Å². The Morgan fingerprint density at radius 1 is 1.09 bits per heavy atom. The van der Waals surface area contributed by atoms with Gasteiger partial charge in [-0.3, -0.25) is 14.6 Å². The molecular weight excluding hydrogens is 416 g/mol. The Bertz CT molecular complexity index is 1180. The molecule has 1 aliphatic heterocycles. The van der Waals surface area contributed by atoms with E-state index in [0.717, 1.165) is 18.4 Å². The van der Waals surface area contributed by atoms with Gasteiger partial charge in [-0.25, -0.2) is 0 Å². The number of hydroxylamine groups is 1. The van der Waals surface area contributed by atoms with Crippen LogP contribution in [0.3, 0.4) is 0 Å². The smallest absolute Gasteiger partial charge is 0.285 e. The molecule has 166 valence electrons. The first-order valence-corrected chi connectivity index (χ1v) is 10.8. The first-order valence-electron chi connectivity index (χ1n) is 10.8. The lowest BCUT2D eigenvalue weighted by molar-refractivity contribution is 0.0712. The molecule has 2 amide bonds. The molecule has 7 nitrogen and oxygen atoms in total. The quantitative estimate of drug-likeness (QED) is 0.605. The highest BCUT2D eigenvalue weighted by Gasteiger charge is 2.25. The summed E-state index contributed by atoms with van der Waals surface area (Å²) >= 11 is 0. The topological polar surface area (TPSA) is 95.3 Å². The molecule has 2 aromatic carbocycles. The summed E-state index contributed by atoms with van der Waals surface area (Å²) in [6.07, 6.45) is 4.78. The van der Waals surface area contributed by atoms with Crippen LogP contribution in [0.25, 0.3) is 0 Å². The number of amides is 2. The summed E-state index contributed by atoms with van der Waals surface area (Å²) in [4.78, 5) is 36.6. The van der Waals surface area contributed by atoms with Gasteiger partial charge >= 0.3 is 0 Å².